The Hall–Kier alpha value is -1.52. The fourth-order valence-electron chi connectivity index (χ4n) is 1.73. The Labute approximate surface area is 86.8 Å². The molecule has 82 valence electrons. The maximum absolute atomic E-state index is 11.2. The average Bonchev–Trinajstić information content (AvgIpc) is 2.14. The molecular weight excluding hydrogens is 200 g/mol. The van der Waals surface area contributed by atoms with Crippen LogP contribution in [0.3, 0.4) is 0 Å². The van der Waals surface area contributed by atoms with Crippen molar-refractivity contribution < 1.29 is 23.9 Å². The molecule has 0 aromatic carbocycles. The number of Topliss-reactive ketones (excluding diaryl/α,β-unsaturated/α-hetero) is 2. The lowest BCUT2D eigenvalue weighted by atomic mass is 9.84. The fourth-order valence-corrected chi connectivity index (χ4v) is 1.73. The molecule has 1 fully saturated rings. The Balaban J connectivity index is 2.63. The monoisotopic (exact) mass is 212 g/mol. The first-order valence-corrected chi connectivity index (χ1v) is 4.71. The standard InChI is InChI=1S/C10H12O5/c1-6(12)15-9-3-7(10(14)5-11)2-8(13)4-9/h5,7,9H,2-4H2,1H3. The molecule has 2 unspecified atom stereocenters. The van der Waals surface area contributed by atoms with Crippen LogP contribution in [-0.4, -0.2) is 29.9 Å². The van der Waals surface area contributed by atoms with Gasteiger partial charge in [-0.05, 0) is 6.42 Å². The third-order valence-corrected chi connectivity index (χ3v) is 2.33. The molecule has 0 saturated heterocycles. The summed E-state index contributed by atoms with van der Waals surface area (Å²) in [4.78, 5) is 43.3. The summed E-state index contributed by atoms with van der Waals surface area (Å²) in [5.41, 5.74) is 0. The third kappa shape index (κ3) is 3.27. The Morgan fingerprint density at radius 1 is 1.40 bits per heavy atom. The van der Waals surface area contributed by atoms with Crippen molar-refractivity contribution in [3.8, 4) is 0 Å². The van der Waals surface area contributed by atoms with Crippen LogP contribution in [0, 0.1) is 5.92 Å². The lowest BCUT2D eigenvalue weighted by Gasteiger charge is -2.25. The quantitative estimate of drug-likeness (QED) is 0.375. The van der Waals surface area contributed by atoms with E-state index in [1.807, 2.05) is 0 Å². The minimum Gasteiger partial charge on any atom is -0.462 e. The van der Waals surface area contributed by atoms with Crippen molar-refractivity contribution in [2.45, 2.75) is 32.3 Å². The largest absolute Gasteiger partial charge is 0.462 e. The van der Waals surface area contributed by atoms with Gasteiger partial charge in [-0.25, -0.2) is 0 Å². The van der Waals surface area contributed by atoms with Crippen molar-refractivity contribution in [2.24, 2.45) is 5.92 Å². The number of carbonyl (C=O) groups excluding carboxylic acids is 4. The molecule has 0 N–H and O–H groups in total. The van der Waals surface area contributed by atoms with Crippen molar-refractivity contribution in [3.63, 3.8) is 0 Å². The molecule has 0 aromatic heterocycles. The summed E-state index contributed by atoms with van der Waals surface area (Å²) in [6, 6.07) is 0. The molecule has 1 aliphatic carbocycles. The van der Waals surface area contributed by atoms with Crippen molar-refractivity contribution in [3.05, 3.63) is 0 Å². The summed E-state index contributed by atoms with van der Waals surface area (Å²) >= 11 is 0. The van der Waals surface area contributed by atoms with E-state index in [0.717, 1.165) is 0 Å². The van der Waals surface area contributed by atoms with Gasteiger partial charge in [0.05, 0.1) is 0 Å². The van der Waals surface area contributed by atoms with Gasteiger partial charge < -0.3 is 4.74 Å². The van der Waals surface area contributed by atoms with Crippen molar-refractivity contribution >= 4 is 23.8 Å². The van der Waals surface area contributed by atoms with Crippen LogP contribution < -0.4 is 0 Å². The van der Waals surface area contributed by atoms with Gasteiger partial charge in [-0.3, -0.25) is 19.2 Å². The van der Waals surface area contributed by atoms with Crippen molar-refractivity contribution in [1.82, 2.24) is 0 Å². The Kier molecular flexibility index (Phi) is 3.71. The van der Waals surface area contributed by atoms with Gasteiger partial charge in [0, 0.05) is 25.7 Å². The summed E-state index contributed by atoms with van der Waals surface area (Å²) in [6.45, 7) is 1.25. The zero-order chi connectivity index (χ0) is 11.4. The number of ketones is 2. The van der Waals surface area contributed by atoms with Crippen LogP contribution >= 0.6 is 0 Å². The molecule has 0 spiro atoms. The lowest BCUT2D eigenvalue weighted by molar-refractivity contribution is -0.152. The maximum Gasteiger partial charge on any atom is 0.302 e. The van der Waals surface area contributed by atoms with Crippen LogP contribution in [0.5, 0.6) is 0 Å². The number of rotatable bonds is 3. The van der Waals surface area contributed by atoms with Crippen LogP contribution in [0.1, 0.15) is 26.2 Å². The van der Waals surface area contributed by atoms with Crippen LogP contribution in [-0.2, 0) is 23.9 Å². The number of hydrogen-bond acceptors (Lipinski definition) is 5. The topological polar surface area (TPSA) is 77.5 Å². The van der Waals surface area contributed by atoms with E-state index in [2.05, 4.69) is 0 Å². The van der Waals surface area contributed by atoms with E-state index < -0.39 is 23.8 Å². The van der Waals surface area contributed by atoms with Crippen molar-refractivity contribution in [2.75, 3.05) is 0 Å². The van der Waals surface area contributed by atoms with Crippen LogP contribution in [0.4, 0.5) is 0 Å². The molecule has 1 aliphatic rings. The minimum atomic E-state index is -0.618. The maximum atomic E-state index is 11.2. The molecule has 5 heteroatoms. The molecule has 0 radical (unpaired) electrons. The average molecular weight is 212 g/mol. The molecule has 0 aromatic rings. The number of hydrogen-bond donors (Lipinski definition) is 0. The summed E-state index contributed by atoms with van der Waals surface area (Å²) in [6.07, 6.45) is 0.145. The van der Waals surface area contributed by atoms with Gasteiger partial charge in [-0.2, -0.15) is 0 Å². The van der Waals surface area contributed by atoms with Gasteiger partial charge in [0.25, 0.3) is 0 Å². The highest BCUT2D eigenvalue weighted by Gasteiger charge is 2.32. The highest BCUT2D eigenvalue weighted by atomic mass is 16.5. The van der Waals surface area contributed by atoms with Crippen LogP contribution in [0.2, 0.25) is 0 Å². The van der Waals surface area contributed by atoms with Gasteiger partial charge in [-0.1, -0.05) is 0 Å². The van der Waals surface area contributed by atoms with Gasteiger partial charge in [0.1, 0.15) is 11.9 Å². The molecular formula is C10H12O5. The Morgan fingerprint density at radius 2 is 2.07 bits per heavy atom. The second-order valence-corrected chi connectivity index (χ2v) is 3.63. The first-order chi connectivity index (χ1) is 7.02. The fraction of sp³-hybridized carbons (Fsp3) is 0.600. The summed E-state index contributed by atoms with van der Waals surface area (Å²) in [5, 5.41) is 0. The predicted molar refractivity (Wildman–Crippen MR) is 49.0 cm³/mol. The molecule has 1 rings (SSSR count). The summed E-state index contributed by atoms with van der Waals surface area (Å²) in [7, 11) is 0. The SMILES string of the molecule is CC(=O)OC1CC(=O)CC(C(=O)C=O)C1. The van der Waals surface area contributed by atoms with Crippen LogP contribution in [0.25, 0.3) is 0 Å². The Bertz CT molecular complexity index is 305. The van der Waals surface area contributed by atoms with Crippen LogP contribution in [0.15, 0.2) is 0 Å². The van der Waals surface area contributed by atoms with E-state index >= 15 is 0 Å². The van der Waals surface area contributed by atoms with E-state index in [1.54, 1.807) is 0 Å². The smallest absolute Gasteiger partial charge is 0.302 e. The molecule has 0 heterocycles. The highest BCUT2D eigenvalue weighted by molar-refractivity contribution is 6.26. The van der Waals surface area contributed by atoms with E-state index in [9.17, 15) is 19.2 Å². The predicted octanol–water partition coefficient (Wildman–Crippen LogP) is 0.0553. The Morgan fingerprint density at radius 3 is 2.60 bits per heavy atom. The molecule has 15 heavy (non-hydrogen) atoms. The second-order valence-electron chi connectivity index (χ2n) is 3.63. The summed E-state index contributed by atoms with van der Waals surface area (Å²) in [5.74, 6) is -1.84. The molecule has 5 nitrogen and oxygen atoms in total. The van der Waals surface area contributed by atoms with E-state index in [0.29, 0.717) is 0 Å². The number of ether oxygens (including phenoxy) is 1. The molecule has 2 atom stereocenters. The van der Waals surface area contributed by atoms with Gasteiger partial charge in [0.2, 0.25) is 0 Å². The molecule has 0 aliphatic heterocycles. The molecule has 1 saturated carbocycles. The number of esters is 1. The van der Waals surface area contributed by atoms with Crippen molar-refractivity contribution in [1.29, 1.82) is 0 Å². The normalized spacial score (nSPS) is 25.8. The first kappa shape index (κ1) is 11.6. The molecule has 0 amide bonds. The summed E-state index contributed by atoms with van der Waals surface area (Å²) < 4.78 is 4.86. The minimum absolute atomic E-state index is 0.0787. The zero-order valence-electron chi connectivity index (χ0n) is 8.39. The highest BCUT2D eigenvalue weighted by Crippen LogP contribution is 2.24. The van der Waals surface area contributed by atoms with Gasteiger partial charge in [-0.15, -0.1) is 0 Å². The van der Waals surface area contributed by atoms with Gasteiger partial charge in [0.15, 0.2) is 12.1 Å². The van der Waals surface area contributed by atoms with Gasteiger partial charge >= 0.3 is 5.97 Å². The number of carbonyl (C=O) groups is 4. The van der Waals surface area contributed by atoms with E-state index in [-0.39, 0.29) is 31.3 Å². The first-order valence-electron chi connectivity index (χ1n) is 4.71. The third-order valence-electron chi connectivity index (χ3n) is 2.33. The lowest BCUT2D eigenvalue weighted by Crippen LogP contribution is -2.34. The number of aldehydes is 1. The second kappa shape index (κ2) is 4.82. The van der Waals surface area contributed by atoms with E-state index in [4.69, 9.17) is 4.74 Å². The zero-order valence-corrected chi connectivity index (χ0v) is 8.39. The van der Waals surface area contributed by atoms with E-state index in [1.165, 1.54) is 6.92 Å². The molecule has 0 bridgehead atoms.